The van der Waals surface area contributed by atoms with E-state index in [0.29, 0.717) is 5.82 Å². The number of nitrogen functional groups attached to an aromatic ring is 1. The van der Waals surface area contributed by atoms with Gasteiger partial charge in [0, 0.05) is 17.1 Å². The summed E-state index contributed by atoms with van der Waals surface area (Å²) in [4.78, 5) is 9.35. The maximum Gasteiger partial charge on any atom is 0.138 e. The lowest BCUT2D eigenvalue weighted by atomic mass is 9.92. The third-order valence-corrected chi connectivity index (χ3v) is 5.07. The van der Waals surface area contributed by atoms with Crippen molar-refractivity contribution in [3.05, 3.63) is 66.1 Å². The molecule has 6 heteroatoms. The minimum Gasteiger partial charge on any atom is -0.383 e. The van der Waals surface area contributed by atoms with E-state index in [1.54, 1.807) is 6.20 Å². The molecule has 0 amide bonds. The molecular weight excluding hydrogens is 336 g/mol. The fourth-order valence-electron chi connectivity index (χ4n) is 3.64. The number of allylic oxidation sites excluding steroid dienone is 2. The highest BCUT2D eigenvalue weighted by Gasteiger charge is 2.15. The zero-order valence-electron chi connectivity index (χ0n) is 14.9. The van der Waals surface area contributed by atoms with Crippen molar-refractivity contribution in [2.24, 2.45) is 4.99 Å². The number of rotatable bonds is 3. The van der Waals surface area contributed by atoms with Gasteiger partial charge in [0.2, 0.25) is 0 Å². The van der Waals surface area contributed by atoms with Gasteiger partial charge in [-0.1, -0.05) is 6.08 Å². The van der Waals surface area contributed by atoms with Gasteiger partial charge in [0.05, 0.1) is 29.3 Å². The number of nitrogens with two attached hydrogens (primary N) is 1. The lowest BCUT2D eigenvalue weighted by Crippen LogP contribution is -2.09. The number of benzene rings is 1. The molecule has 1 aliphatic carbocycles. The second kappa shape index (κ2) is 6.39. The highest BCUT2D eigenvalue weighted by atomic mass is 15.1. The van der Waals surface area contributed by atoms with Gasteiger partial charge >= 0.3 is 0 Å². The summed E-state index contributed by atoms with van der Waals surface area (Å²) in [7, 11) is 0. The summed E-state index contributed by atoms with van der Waals surface area (Å²) >= 11 is 0. The largest absolute Gasteiger partial charge is 0.383 e. The van der Waals surface area contributed by atoms with Crippen LogP contribution in [0, 0.1) is 0 Å². The van der Waals surface area contributed by atoms with Crippen molar-refractivity contribution in [1.29, 1.82) is 0 Å². The van der Waals surface area contributed by atoms with Gasteiger partial charge < -0.3 is 5.73 Å². The number of hydrogen-bond acceptors (Lipinski definition) is 4. The SMILES string of the molecule is Nc1cnc2ccc(/C(=N/c3ccc4[nH]ncc4c3)C3=CCCCC3)cn12. The van der Waals surface area contributed by atoms with Crippen molar-refractivity contribution in [2.45, 2.75) is 25.7 Å². The zero-order chi connectivity index (χ0) is 18.2. The van der Waals surface area contributed by atoms with Crippen LogP contribution in [-0.2, 0) is 0 Å². The smallest absolute Gasteiger partial charge is 0.138 e. The van der Waals surface area contributed by atoms with Gasteiger partial charge in [0.1, 0.15) is 11.5 Å². The van der Waals surface area contributed by atoms with Gasteiger partial charge in [-0.25, -0.2) is 9.98 Å². The van der Waals surface area contributed by atoms with Crippen LogP contribution in [0.15, 0.2) is 65.6 Å². The number of H-pyrrole nitrogens is 1. The molecule has 0 aliphatic heterocycles. The van der Waals surface area contributed by atoms with Crippen LogP contribution < -0.4 is 5.73 Å². The maximum atomic E-state index is 6.06. The summed E-state index contributed by atoms with van der Waals surface area (Å²) in [6.45, 7) is 0. The van der Waals surface area contributed by atoms with E-state index in [1.807, 2.05) is 35.0 Å². The van der Waals surface area contributed by atoms with Gasteiger partial charge in [0.25, 0.3) is 0 Å². The number of imidazole rings is 1. The van der Waals surface area contributed by atoms with Crippen molar-refractivity contribution >= 4 is 33.8 Å². The van der Waals surface area contributed by atoms with Crippen LogP contribution in [0.4, 0.5) is 11.5 Å². The Balaban J connectivity index is 1.67. The fourth-order valence-corrected chi connectivity index (χ4v) is 3.64. The van der Waals surface area contributed by atoms with Crippen LogP contribution in [0.25, 0.3) is 16.6 Å². The third-order valence-electron chi connectivity index (χ3n) is 5.07. The minimum absolute atomic E-state index is 0.628. The number of hydrogen-bond donors (Lipinski definition) is 2. The van der Waals surface area contributed by atoms with Crippen LogP contribution in [0.2, 0.25) is 0 Å². The first-order valence-corrected chi connectivity index (χ1v) is 9.22. The summed E-state index contributed by atoms with van der Waals surface area (Å²) in [5, 5.41) is 8.14. The lowest BCUT2D eigenvalue weighted by molar-refractivity contribution is 0.717. The highest BCUT2D eigenvalue weighted by Crippen LogP contribution is 2.27. The van der Waals surface area contributed by atoms with Gasteiger partial charge in [0.15, 0.2) is 0 Å². The lowest BCUT2D eigenvalue weighted by Gasteiger charge is -2.16. The monoisotopic (exact) mass is 356 g/mol. The van der Waals surface area contributed by atoms with Crippen LogP contribution >= 0.6 is 0 Å². The summed E-state index contributed by atoms with van der Waals surface area (Å²) in [5.74, 6) is 0.628. The van der Waals surface area contributed by atoms with Crippen molar-refractivity contribution in [3.8, 4) is 0 Å². The number of aromatic amines is 1. The van der Waals surface area contributed by atoms with Gasteiger partial charge in [-0.05, 0) is 61.6 Å². The van der Waals surface area contributed by atoms with Crippen molar-refractivity contribution in [2.75, 3.05) is 5.73 Å². The Morgan fingerprint density at radius 3 is 3.00 bits per heavy atom. The first-order chi connectivity index (χ1) is 13.3. The summed E-state index contributed by atoms with van der Waals surface area (Å²) in [6.07, 6.45) is 12.4. The van der Waals surface area contributed by atoms with Crippen molar-refractivity contribution < 1.29 is 0 Å². The number of fused-ring (bicyclic) bond motifs is 2. The molecule has 0 saturated carbocycles. The Bertz CT molecular complexity index is 1190. The van der Waals surface area contributed by atoms with Gasteiger partial charge in [-0.15, -0.1) is 0 Å². The van der Waals surface area contributed by atoms with Crippen molar-refractivity contribution in [3.63, 3.8) is 0 Å². The number of pyridine rings is 1. The molecule has 3 aromatic heterocycles. The molecule has 5 rings (SSSR count). The Kier molecular flexibility index (Phi) is 3.74. The molecule has 3 N–H and O–H groups in total. The Morgan fingerprint density at radius 2 is 2.11 bits per heavy atom. The third kappa shape index (κ3) is 2.89. The zero-order valence-corrected chi connectivity index (χ0v) is 14.9. The normalized spacial score (nSPS) is 15.4. The molecule has 0 spiro atoms. The molecule has 0 radical (unpaired) electrons. The highest BCUT2D eigenvalue weighted by molar-refractivity contribution is 6.14. The molecule has 6 nitrogen and oxygen atoms in total. The maximum absolute atomic E-state index is 6.06. The molecule has 4 aromatic rings. The van der Waals surface area contributed by atoms with Crippen molar-refractivity contribution in [1.82, 2.24) is 19.6 Å². The Labute approximate surface area is 156 Å². The van der Waals surface area contributed by atoms with Crippen LogP contribution in [0.5, 0.6) is 0 Å². The Morgan fingerprint density at radius 1 is 1.15 bits per heavy atom. The predicted molar refractivity (Wildman–Crippen MR) is 108 cm³/mol. The van der Waals surface area contributed by atoms with Gasteiger partial charge in [-0.2, -0.15) is 5.10 Å². The average Bonchev–Trinajstić information content (AvgIpc) is 3.33. The number of aliphatic imine (C=N–C) groups is 1. The first-order valence-electron chi connectivity index (χ1n) is 9.22. The van der Waals surface area contributed by atoms with E-state index in [9.17, 15) is 0 Å². The standard InChI is InChI=1S/C21H20N6/c22-19-12-23-20-9-6-15(13-27(19)20)21(14-4-2-1-3-5-14)25-17-7-8-18-16(10-17)11-24-26-18/h4,6-13H,1-3,5,22H2,(H,24,26)/b25-21+. The molecule has 0 atom stereocenters. The molecular formula is C21H20N6. The molecule has 1 aliphatic rings. The quantitative estimate of drug-likeness (QED) is 0.533. The number of nitrogens with one attached hydrogen (secondary N) is 1. The molecule has 27 heavy (non-hydrogen) atoms. The molecule has 3 heterocycles. The molecule has 0 fully saturated rings. The van der Waals surface area contributed by atoms with E-state index >= 15 is 0 Å². The van der Waals surface area contributed by atoms with E-state index in [2.05, 4.69) is 33.4 Å². The molecule has 134 valence electrons. The second-order valence-electron chi connectivity index (χ2n) is 6.91. The second-order valence-corrected chi connectivity index (χ2v) is 6.91. The molecule has 1 aromatic carbocycles. The topological polar surface area (TPSA) is 84.4 Å². The Hall–Kier alpha value is -3.41. The molecule has 0 saturated heterocycles. The number of aromatic nitrogens is 4. The fraction of sp³-hybridized carbons (Fsp3) is 0.190. The number of anilines is 1. The average molecular weight is 356 g/mol. The summed E-state index contributed by atoms with van der Waals surface area (Å²) in [6, 6.07) is 10.2. The van der Waals surface area contributed by atoms with Crippen LogP contribution in [0.1, 0.15) is 31.2 Å². The van der Waals surface area contributed by atoms with E-state index in [0.717, 1.165) is 46.4 Å². The van der Waals surface area contributed by atoms with E-state index in [-0.39, 0.29) is 0 Å². The van der Waals surface area contributed by atoms with E-state index in [4.69, 9.17) is 10.7 Å². The number of nitrogens with zero attached hydrogens (tertiary/aromatic N) is 4. The minimum atomic E-state index is 0.628. The predicted octanol–water partition coefficient (Wildman–Crippen LogP) is 4.41. The van der Waals surface area contributed by atoms with Gasteiger partial charge in [-0.3, -0.25) is 9.50 Å². The summed E-state index contributed by atoms with van der Waals surface area (Å²) in [5.41, 5.74) is 12.2. The first kappa shape index (κ1) is 15.8. The van der Waals surface area contributed by atoms with E-state index in [1.165, 1.54) is 18.4 Å². The van der Waals surface area contributed by atoms with Crippen LogP contribution in [-0.4, -0.2) is 25.3 Å². The van der Waals surface area contributed by atoms with Crippen LogP contribution in [0.3, 0.4) is 0 Å². The van der Waals surface area contributed by atoms with E-state index < -0.39 is 0 Å². The molecule has 0 bridgehead atoms. The molecule has 0 unspecified atom stereocenters. The summed E-state index contributed by atoms with van der Waals surface area (Å²) < 4.78 is 1.91.